The quantitative estimate of drug-likeness (QED) is 0.859. The number of terminal acetylenes is 1. The zero-order chi connectivity index (χ0) is 14.7. The molecule has 0 aliphatic carbocycles. The standard InChI is InChI=1S/C13H14ClN5O/c1-4-5-19-13(20)12(11(14)7-16-19)15-6-10-8-18(3)17-9(10)2/h1,7-8,15H,5-6H2,2-3H3. The van der Waals surface area contributed by atoms with Crippen LogP contribution in [0.5, 0.6) is 0 Å². The molecule has 0 aromatic carbocycles. The van der Waals surface area contributed by atoms with Gasteiger partial charge in [-0.05, 0) is 6.92 Å². The van der Waals surface area contributed by atoms with E-state index in [1.54, 1.807) is 4.68 Å². The fraction of sp³-hybridized carbons (Fsp3) is 0.308. The molecule has 0 saturated heterocycles. The van der Waals surface area contributed by atoms with E-state index in [-0.39, 0.29) is 17.1 Å². The van der Waals surface area contributed by atoms with Crippen molar-refractivity contribution in [3.8, 4) is 12.3 Å². The second-order valence-corrected chi connectivity index (χ2v) is 4.71. The van der Waals surface area contributed by atoms with Crippen LogP contribution in [-0.4, -0.2) is 19.6 Å². The maximum absolute atomic E-state index is 12.1. The number of nitrogens with one attached hydrogen (secondary N) is 1. The Morgan fingerprint density at radius 3 is 2.90 bits per heavy atom. The summed E-state index contributed by atoms with van der Waals surface area (Å²) in [6, 6.07) is 0. The van der Waals surface area contributed by atoms with Crippen LogP contribution in [0.15, 0.2) is 17.2 Å². The zero-order valence-electron chi connectivity index (χ0n) is 11.2. The Morgan fingerprint density at radius 1 is 1.55 bits per heavy atom. The van der Waals surface area contributed by atoms with Crippen molar-refractivity contribution in [2.45, 2.75) is 20.0 Å². The number of aromatic nitrogens is 4. The van der Waals surface area contributed by atoms with Crippen molar-refractivity contribution in [1.29, 1.82) is 0 Å². The van der Waals surface area contributed by atoms with Crippen LogP contribution >= 0.6 is 11.6 Å². The van der Waals surface area contributed by atoms with Gasteiger partial charge in [0.15, 0.2) is 0 Å². The zero-order valence-corrected chi connectivity index (χ0v) is 12.0. The summed E-state index contributed by atoms with van der Waals surface area (Å²) in [4.78, 5) is 12.1. The third-order valence-electron chi connectivity index (χ3n) is 2.81. The van der Waals surface area contributed by atoms with Crippen LogP contribution in [-0.2, 0) is 20.1 Å². The summed E-state index contributed by atoms with van der Waals surface area (Å²) in [6.45, 7) is 2.47. The highest BCUT2D eigenvalue weighted by molar-refractivity contribution is 6.32. The van der Waals surface area contributed by atoms with Crippen molar-refractivity contribution in [3.05, 3.63) is 39.0 Å². The Bertz CT molecular complexity index is 725. The van der Waals surface area contributed by atoms with Gasteiger partial charge >= 0.3 is 0 Å². The van der Waals surface area contributed by atoms with E-state index in [0.29, 0.717) is 12.2 Å². The van der Waals surface area contributed by atoms with Crippen LogP contribution in [0.3, 0.4) is 0 Å². The number of halogens is 1. The van der Waals surface area contributed by atoms with E-state index in [2.05, 4.69) is 21.4 Å². The Kier molecular flexibility index (Phi) is 4.11. The Balaban J connectivity index is 2.25. The molecule has 0 amide bonds. The number of anilines is 1. The van der Waals surface area contributed by atoms with E-state index >= 15 is 0 Å². The minimum atomic E-state index is -0.336. The van der Waals surface area contributed by atoms with Gasteiger partial charge in [0.2, 0.25) is 0 Å². The van der Waals surface area contributed by atoms with Crippen LogP contribution in [0.4, 0.5) is 5.69 Å². The number of nitrogens with zero attached hydrogens (tertiary/aromatic N) is 4. The van der Waals surface area contributed by atoms with Crippen LogP contribution in [0.2, 0.25) is 5.02 Å². The van der Waals surface area contributed by atoms with Crippen LogP contribution < -0.4 is 10.9 Å². The molecule has 0 bridgehead atoms. The van der Waals surface area contributed by atoms with Gasteiger partial charge in [0, 0.05) is 25.4 Å². The van der Waals surface area contributed by atoms with Crippen molar-refractivity contribution < 1.29 is 0 Å². The van der Waals surface area contributed by atoms with Gasteiger partial charge < -0.3 is 5.32 Å². The Hall–Kier alpha value is -2.26. The first-order valence-electron chi connectivity index (χ1n) is 5.95. The SMILES string of the molecule is C#CCn1ncc(Cl)c(NCc2cn(C)nc2C)c1=O. The van der Waals surface area contributed by atoms with Crippen LogP contribution in [0.1, 0.15) is 11.3 Å². The highest BCUT2D eigenvalue weighted by Crippen LogP contribution is 2.16. The lowest BCUT2D eigenvalue weighted by Gasteiger charge is -2.08. The third kappa shape index (κ3) is 2.83. The van der Waals surface area contributed by atoms with E-state index in [0.717, 1.165) is 11.3 Å². The predicted octanol–water partition coefficient (Wildman–Crippen LogP) is 1.18. The number of hydrogen-bond acceptors (Lipinski definition) is 4. The Morgan fingerprint density at radius 2 is 2.30 bits per heavy atom. The summed E-state index contributed by atoms with van der Waals surface area (Å²) in [5, 5.41) is 11.4. The first kappa shape index (κ1) is 14.2. The molecule has 0 spiro atoms. The van der Waals surface area contributed by atoms with Crippen molar-refractivity contribution in [2.24, 2.45) is 7.05 Å². The first-order valence-corrected chi connectivity index (χ1v) is 6.32. The lowest BCUT2D eigenvalue weighted by Crippen LogP contribution is -2.25. The molecule has 1 N–H and O–H groups in total. The highest BCUT2D eigenvalue weighted by atomic mass is 35.5. The molecule has 0 atom stereocenters. The topological polar surface area (TPSA) is 64.7 Å². The molecular formula is C13H14ClN5O. The summed E-state index contributed by atoms with van der Waals surface area (Å²) in [6.07, 6.45) is 8.48. The molecular weight excluding hydrogens is 278 g/mol. The fourth-order valence-electron chi connectivity index (χ4n) is 1.83. The summed E-state index contributed by atoms with van der Waals surface area (Å²) in [7, 11) is 1.84. The van der Waals surface area contributed by atoms with Gasteiger partial charge in [-0.25, -0.2) is 4.68 Å². The normalized spacial score (nSPS) is 10.3. The van der Waals surface area contributed by atoms with Crippen molar-refractivity contribution in [2.75, 3.05) is 5.32 Å². The second-order valence-electron chi connectivity index (χ2n) is 4.30. The number of rotatable bonds is 4. The third-order valence-corrected chi connectivity index (χ3v) is 3.10. The summed E-state index contributed by atoms with van der Waals surface area (Å²) >= 11 is 6.00. The van der Waals surface area contributed by atoms with Gasteiger partial charge in [-0.3, -0.25) is 9.48 Å². The van der Waals surface area contributed by atoms with Gasteiger partial charge in [0.1, 0.15) is 12.2 Å². The number of hydrogen-bond donors (Lipinski definition) is 1. The molecule has 0 fully saturated rings. The molecule has 2 heterocycles. The average molecular weight is 292 g/mol. The van der Waals surface area contributed by atoms with Gasteiger partial charge in [-0.15, -0.1) is 6.42 Å². The number of aryl methyl sites for hydroxylation is 2. The maximum atomic E-state index is 12.1. The van der Waals surface area contributed by atoms with Crippen molar-refractivity contribution >= 4 is 17.3 Å². The van der Waals surface area contributed by atoms with Crippen molar-refractivity contribution in [3.63, 3.8) is 0 Å². The lowest BCUT2D eigenvalue weighted by molar-refractivity contribution is 0.664. The minimum Gasteiger partial charge on any atom is -0.375 e. The van der Waals surface area contributed by atoms with Gasteiger partial charge in [0.25, 0.3) is 5.56 Å². The van der Waals surface area contributed by atoms with E-state index < -0.39 is 0 Å². The molecule has 2 rings (SSSR count). The molecule has 7 heteroatoms. The molecule has 20 heavy (non-hydrogen) atoms. The molecule has 0 aliphatic heterocycles. The fourth-order valence-corrected chi connectivity index (χ4v) is 2.02. The van der Waals surface area contributed by atoms with E-state index in [1.807, 2.05) is 20.2 Å². The maximum Gasteiger partial charge on any atom is 0.292 e. The van der Waals surface area contributed by atoms with Gasteiger partial charge in [-0.1, -0.05) is 17.5 Å². The minimum absolute atomic E-state index is 0.108. The monoisotopic (exact) mass is 291 g/mol. The van der Waals surface area contributed by atoms with Gasteiger partial charge in [0.05, 0.1) is 16.9 Å². The largest absolute Gasteiger partial charge is 0.375 e. The first-order chi connectivity index (χ1) is 9.52. The molecule has 0 aliphatic rings. The molecule has 104 valence electrons. The summed E-state index contributed by atoms with van der Waals surface area (Å²) in [5.41, 5.74) is 1.84. The molecule has 6 nitrogen and oxygen atoms in total. The van der Waals surface area contributed by atoms with Gasteiger partial charge in [-0.2, -0.15) is 10.2 Å². The smallest absolute Gasteiger partial charge is 0.292 e. The van der Waals surface area contributed by atoms with Crippen molar-refractivity contribution in [1.82, 2.24) is 19.6 Å². The average Bonchev–Trinajstić information content (AvgIpc) is 2.71. The van der Waals surface area contributed by atoms with E-state index in [4.69, 9.17) is 18.0 Å². The lowest BCUT2D eigenvalue weighted by atomic mass is 10.2. The molecule has 0 saturated carbocycles. The molecule has 0 unspecified atom stereocenters. The second kappa shape index (κ2) is 5.80. The van der Waals surface area contributed by atoms with Crippen LogP contribution in [0.25, 0.3) is 0 Å². The highest BCUT2D eigenvalue weighted by Gasteiger charge is 2.10. The van der Waals surface area contributed by atoms with Crippen LogP contribution in [0, 0.1) is 19.3 Å². The predicted molar refractivity (Wildman–Crippen MR) is 77.6 cm³/mol. The summed E-state index contributed by atoms with van der Waals surface area (Å²) < 4.78 is 2.90. The van der Waals surface area contributed by atoms with E-state index in [1.165, 1.54) is 10.9 Å². The summed E-state index contributed by atoms with van der Waals surface area (Å²) in [5.74, 6) is 2.37. The molecule has 0 radical (unpaired) electrons. The molecule has 2 aromatic heterocycles. The Labute approximate surface area is 121 Å². The molecule has 2 aromatic rings. The van der Waals surface area contributed by atoms with E-state index in [9.17, 15) is 4.79 Å².